The van der Waals surface area contributed by atoms with Gasteiger partial charge in [-0.05, 0) is 12.0 Å². The molecule has 1 amide bonds. The summed E-state index contributed by atoms with van der Waals surface area (Å²) in [6.45, 7) is 0.676. The third-order valence-corrected chi connectivity index (χ3v) is 3.10. The zero-order chi connectivity index (χ0) is 11.5. The molecule has 86 valence electrons. The van der Waals surface area contributed by atoms with Crippen LogP contribution in [0.1, 0.15) is 6.42 Å². The number of hydrogen-bond acceptors (Lipinski definition) is 3. The SMILES string of the molecule is COc1cc(N2CC(CCl)CC2=O)ccn1. The maximum absolute atomic E-state index is 11.7. The summed E-state index contributed by atoms with van der Waals surface area (Å²) >= 11 is 5.77. The Kier molecular flexibility index (Phi) is 3.29. The molecule has 0 radical (unpaired) electrons. The number of pyridine rings is 1. The number of carbonyl (C=O) groups excluding carboxylic acids is 1. The third-order valence-electron chi connectivity index (χ3n) is 2.66. The number of nitrogens with zero attached hydrogens (tertiary/aromatic N) is 2. The average Bonchev–Trinajstić information content (AvgIpc) is 2.71. The van der Waals surface area contributed by atoms with Crippen molar-refractivity contribution in [2.75, 3.05) is 24.4 Å². The van der Waals surface area contributed by atoms with Crippen molar-refractivity contribution in [1.29, 1.82) is 0 Å². The van der Waals surface area contributed by atoms with E-state index in [1.807, 2.05) is 0 Å². The lowest BCUT2D eigenvalue weighted by molar-refractivity contribution is -0.117. The fraction of sp³-hybridized carbons (Fsp3) is 0.455. The zero-order valence-electron chi connectivity index (χ0n) is 9.02. The molecule has 1 aromatic rings. The van der Waals surface area contributed by atoms with Crippen LogP contribution in [-0.2, 0) is 4.79 Å². The Balaban J connectivity index is 2.20. The molecule has 0 N–H and O–H groups in total. The molecule has 2 heterocycles. The van der Waals surface area contributed by atoms with Crippen LogP contribution in [0.3, 0.4) is 0 Å². The minimum atomic E-state index is 0.110. The number of aromatic nitrogens is 1. The van der Waals surface area contributed by atoms with Gasteiger partial charge in [0.1, 0.15) is 0 Å². The molecule has 16 heavy (non-hydrogen) atoms. The molecule has 0 aliphatic carbocycles. The van der Waals surface area contributed by atoms with Crippen LogP contribution in [0.2, 0.25) is 0 Å². The lowest BCUT2D eigenvalue weighted by Crippen LogP contribution is -2.24. The topological polar surface area (TPSA) is 42.4 Å². The standard InChI is InChI=1S/C11H13ClN2O2/c1-16-10-5-9(2-3-13-10)14-7-8(6-12)4-11(14)15/h2-3,5,8H,4,6-7H2,1H3. The first kappa shape index (κ1) is 11.2. The van der Waals surface area contributed by atoms with Crippen molar-refractivity contribution in [3.05, 3.63) is 18.3 Å². The van der Waals surface area contributed by atoms with Gasteiger partial charge in [0.05, 0.1) is 12.8 Å². The van der Waals surface area contributed by atoms with E-state index in [2.05, 4.69) is 4.98 Å². The largest absolute Gasteiger partial charge is 0.481 e. The van der Waals surface area contributed by atoms with Crippen molar-refractivity contribution in [2.45, 2.75) is 6.42 Å². The van der Waals surface area contributed by atoms with Crippen LogP contribution in [0, 0.1) is 5.92 Å². The van der Waals surface area contributed by atoms with E-state index in [0.717, 1.165) is 5.69 Å². The highest BCUT2D eigenvalue weighted by molar-refractivity contribution is 6.18. The van der Waals surface area contributed by atoms with Crippen LogP contribution < -0.4 is 9.64 Å². The third kappa shape index (κ3) is 2.11. The van der Waals surface area contributed by atoms with Crippen LogP contribution in [0.4, 0.5) is 5.69 Å². The van der Waals surface area contributed by atoms with Crippen molar-refractivity contribution in [1.82, 2.24) is 4.98 Å². The molecule has 4 nitrogen and oxygen atoms in total. The molecule has 1 unspecified atom stereocenters. The molecule has 1 aliphatic rings. The predicted molar refractivity (Wildman–Crippen MR) is 62.0 cm³/mol. The lowest BCUT2D eigenvalue weighted by atomic mass is 10.1. The van der Waals surface area contributed by atoms with Crippen molar-refractivity contribution in [3.63, 3.8) is 0 Å². The number of carbonyl (C=O) groups is 1. The number of hydrogen-bond donors (Lipinski definition) is 0. The average molecular weight is 241 g/mol. The second kappa shape index (κ2) is 4.70. The minimum Gasteiger partial charge on any atom is -0.481 e. The quantitative estimate of drug-likeness (QED) is 0.755. The highest BCUT2D eigenvalue weighted by atomic mass is 35.5. The minimum absolute atomic E-state index is 0.110. The van der Waals surface area contributed by atoms with Crippen molar-refractivity contribution < 1.29 is 9.53 Å². The Bertz CT molecular complexity index is 397. The Hall–Kier alpha value is -1.29. The highest BCUT2D eigenvalue weighted by Crippen LogP contribution is 2.27. The second-order valence-electron chi connectivity index (χ2n) is 3.79. The number of halogens is 1. The van der Waals surface area contributed by atoms with Gasteiger partial charge < -0.3 is 9.64 Å². The van der Waals surface area contributed by atoms with Gasteiger partial charge in [0, 0.05) is 31.1 Å². The maximum atomic E-state index is 11.7. The molecular weight excluding hydrogens is 228 g/mol. The van der Waals surface area contributed by atoms with Gasteiger partial charge in [0.25, 0.3) is 0 Å². The van der Waals surface area contributed by atoms with E-state index in [1.54, 1.807) is 30.3 Å². The molecular formula is C11H13ClN2O2. The molecule has 1 aromatic heterocycles. The van der Waals surface area contributed by atoms with Gasteiger partial charge in [-0.3, -0.25) is 4.79 Å². The van der Waals surface area contributed by atoms with Crippen LogP contribution in [-0.4, -0.2) is 30.4 Å². The summed E-state index contributed by atoms with van der Waals surface area (Å²) in [5.74, 6) is 1.39. The molecule has 2 rings (SSSR count). The monoisotopic (exact) mass is 240 g/mol. The van der Waals surface area contributed by atoms with Crippen molar-refractivity contribution in [2.24, 2.45) is 5.92 Å². The molecule has 1 atom stereocenters. The number of alkyl halides is 1. The first-order chi connectivity index (χ1) is 7.74. The summed E-state index contributed by atoms with van der Waals surface area (Å²) in [6, 6.07) is 3.56. The summed E-state index contributed by atoms with van der Waals surface area (Å²) in [5, 5.41) is 0. The highest BCUT2D eigenvalue weighted by Gasteiger charge is 2.30. The Morgan fingerprint density at radius 3 is 3.12 bits per heavy atom. The van der Waals surface area contributed by atoms with Crippen molar-refractivity contribution in [3.8, 4) is 5.88 Å². The van der Waals surface area contributed by atoms with Crippen LogP contribution >= 0.6 is 11.6 Å². The number of anilines is 1. The van der Waals surface area contributed by atoms with Gasteiger partial charge in [0.2, 0.25) is 11.8 Å². The molecule has 0 aromatic carbocycles. The fourth-order valence-corrected chi connectivity index (χ4v) is 2.02. The normalized spacial score (nSPS) is 20.2. The number of methoxy groups -OCH3 is 1. The van der Waals surface area contributed by atoms with Crippen LogP contribution in [0.5, 0.6) is 5.88 Å². The van der Waals surface area contributed by atoms with E-state index in [4.69, 9.17) is 16.3 Å². The summed E-state index contributed by atoms with van der Waals surface area (Å²) < 4.78 is 5.03. The Labute approximate surface area is 99.2 Å². The Morgan fingerprint density at radius 2 is 2.50 bits per heavy atom. The molecule has 0 saturated carbocycles. The van der Waals surface area contributed by atoms with E-state index in [9.17, 15) is 4.79 Å². The lowest BCUT2D eigenvalue weighted by Gasteiger charge is -2.16. The summed E-state index contributed by atoms with van der Waals surface area (Å²) in [7, 11) is 1.56. The van der Waals surface area contributed by atoms with E-state index >= 15 is 0 Å². The van der Waals surface area contributed by atoms with Gasteiger partial charge in [-0.1, -0.05) is 0 Å². The second-order valence-corrected chi connectivity index (χ2v) is 4.09. The first-order valence-electron chi connectivity index (χ1n) is 5.11. The molecule has 1 fully saturated rings. The van der Waals surface area contributed by atoms with Crippen LogP contribution in [0.25, 0.3) is 0 Å². The summed E-state index contributed by atoms with van der Waals surface area (Å²) in [6.07, 6.45) is 2.16. The Morgan fingerprint density at radius 1 is 1.69 bits per heavy atom. The van der Waals surface area contributed by atoms with Gasteiger partial charge in [0.15, 0.2) is 0 Å². The van der Waals surface area contributed by atoms with Crippen LogP contribution in [0.15, 0.2) is 18.3 Å². The number of amides is 1. The summed E-state index contributed by atoms with van der Waals surface area (Å²) in [4.78, 5) is 17.5. The predicted octanol–water partition coefficient (Wildman–Crippen LogP) is 1.68. The van der Waals surface area contributed by atoms with Gasteiger partial charge in [-0.15, -0.1) is 11.6 Å². The molecule has 0 bridgehead atoms. The van der Waals surface area contributed by atoms with Gasteiger partial charge >= 0.3 is 0 Å². The van der Waals surface area contributed by atoms with Gasteiger partial charge in [-0.2, -0.15) is 0 Å². The zero-order valence-corrected chi connectivity index (χ0v) is 9.78. The summed E-state index contributed by atoms with van der Waals surface area (Å²) in [5.41, 5.74) is 0.824. The smallest absolute Gasteiger partial charge is 0.227 e. The van der Waals surface area contributed by atoms with E-state index < -0.39 is 0 Å². The van der Waals surface area contributed by atoms with E-state index in [1.165, 1.54) is 0 Å². The number of ether oxygens (including phenoxy) is 1. The molecule has 1 saturated heterocycles. The molecule has 0 spiro atoms. The van der Waals surface area contributed by atoms with Gasteiger partial charge in [-0.25, -0.2) is 4.98 Å². The van der Waals surface area contributed by atoms with E-state index in [-0.39, 0.29) is 11.8 Å². The van der Waals surface area contributed by atoms with E-state index in [0.29, 0.717) is 24.7 Å². The maximum Gasteiger partial charge on any atom is 0.227 e. The number of rotatable bonds is 3. The molecule has 5 heteroatoms. The van der Waals surface area contributed by atoms with Crippen molar-refractivity contribution >= 4 is 23.2 Å². The fourth-order valence-electron chi connectivity index (χ4n) is 1.81. The first-order valence-corrected chi connectivity index (χ1v) is 5.64. The molecule has 1 aliphatic heterocycles.